The SMILES string of the molecule is CC(C)(C)c1cc(C(N)=O)c(-c2ccco2)c(C(C)(C)C)c1O. The number of nitrogens with two attached hydrogens (primary N) is 1. The third kappa shape index (κ3) is 3.11. The minimum absolute atomic E-state index is 0.196. The molecule has 0 bridgehead atoms. The van der Waals surface area contributed by atoms with Crippen molar-refractivity contribution in [2.75, 3.05) is 0 Å². The van der Waals surface area contributed by atoms with Crippen LogP contribution in [0.1, 0.15) is 63.0 Å². The van der Waals surface area contributed by atoms with Crippen LogP contribution >= 0.6 is 0 Å². The molecule has 0 spiro atoms. The fraction of sp³-hybridized carbons (Fsp3) is 0.421. The Kier molecular flexibility index (Phi) is 4.05. The van der Waals surface area contributed by atoms with Crippen molar-refractivity contribution in [2.45, 2.75) is 52.4 Å². The Morgan fingerprint density at radius 3 is 2.13 bits per heavy atom. The molecule has 2 rings (SSSR count). The highest BCUT2D eigenvalue weighted by molar-refractivity contribution is 6.01. The number of hydrogen-bond acceptors (Lipinski definition) is 3. The van der Waals surface area contributed by atoms with Crippen molar-refractivity contribution in [3.05, 3.63) is 41.2 Å². The highest BCUT2D eigenvalue weighted by Crippen LogP contribution is 2.46. The topological polar surface area (TPSA) is 76.5 Å². The van der Waals surface area contributed by atoms with E-state index in [0.717, 1.165) is 0 Å². The van der Waals surface area contributed by atoms with Crippen LogP contribution in [0.15, 0.2) is 28.9 Å². The standard InChI is InChI=1S/C19H25NO3/c1-18(2,3)12-10-11(17(20)22)14(13-8-7-9-23-13)15(16(12)21)19(4,5)6/h7-10,21H,1-6H3,(H2,20,22). The van der Waals surface area contributed by atoms with E-state index in [4.69, 9.17) is 10.2 Å². The van der Waals surface area contributed by atoms with E-state index < -0.39 is 11.3 Å². The van der Waals surface area contributed by atoms with Gasteiger partial charge in [0.05, 0.1) is 11.8 Å². The number of primary amides is 1. The molecule has 1 aromatic carbocycles. The number of aromatic hydroxyl groups is 1. The summed E-state index contributed by atoms with van der Waals surface area (Å²) in [6.45, 7) is 12.0. The second kappa shape index (κ2) is 5.44. The van der Waals surface area contributed by atoms with Gasteiger partial charge in [-0.05, 0) is 29.0 Å². The molecule has 23 heavy (non-hydrogen) atoms. The molecule has 0 radical (unpaired) electrons. The molecule has 0 fully saturated rings. The van der Waals surface area contributed by atoms with Crippen molar-refractivity contribution in [3.63, 3.8) is 0 Å². The predicted octanol–water partition coefficient (Wildman–Crippen LogP) is 4.35. The maximum atomic E-state index is 12.1. The largest absolute Gasteiger partial charge is 0.507 e. The minimum atomic E-state index is -0.535. The van der Waals surface area contributed by atoms with Crippen molar-refractivity contribution in [1.82, 2.24) is 0 Å². The van der Waals surface area contributed by atoms with Crippen molar-refractivity contribution >= 4 is 5.91 Å². The van der Waals surface area contributed by atoms with Crippen LogP contribution in [0.2, 0.25) is 0 Å². The minimum Gasteiger partial charge on any atom is -0.507 e. The molecule has 1 heterocycles. The molecular weight excluding hydrogens is 290 g/mol. The van der Waals surface area contributed by atoms with E-state index in [2.05, 4.69) is 0 Å². The van der Waals surface area contributed by atoms with Gasteiger partial charge in [-0.2, -0.15) is 0 Å². The molecule has 1 aromatic heterocycles. The molecule has 0 saturated carbocycles. The Morgan fingerprint density at radius 1 is 1.13 bits per heavy atom. The number of phenolic OH excluding ortho intramolecular Hbond substituents is 1. The summed E-state index contributed by atoms with van der Waals surface area (Å²) in [5.41, 5.74) is 7.23. The molecule has 0 unspecified atom stereocenters. The zero-order valence-corrected chi connectivity index (χ0v) is 14.7. The third-order valence-corrected chi connectivity index (χ3v) is 3.89. The zero-order valence-electron chi connectivity index (χ0n) is 14.7. The van der Waals surface area contributed by atoms with Crippen molar-refractivity contribution in [2.24, 2.45) is 5.73 Å². The first kappa shape index (κ1) is 17.1. The Morgan fingerprint density at radius 2 is 1.74 bits per heavy atom. The summed E-state index contributed by atoms with van der Waals surface area (Å²) in [5.74, 6) is 0.188. The Balaban J connectivity index is 3.00. The van der Waals surface area contributed by atoms with E-state index in [9.17, 15) is 9.90 Å². The van der Waals surface area contributed by atoms with Gasteiger partial charge in [0.15, 0.2) is 0 Å². The molecule has 124 valence electrons. The molecule has 4 nitrogen and oxygen atoms in total. The molecule has 1 amide bonds. The van der Waals surface area contributed by atoms with Crippen LogP contribution < -0.4 is 5.73 Å². The number of amides is 1. The summed E-state index contributed by atoms with van der Waals surface area (Å²) in [6.07, 6.45) is 1.54. The summed E-state index contributed by atoms with van der Waals surface area (Å²) in [4.78, 5) is 12.1. The van der Waals surface area contributed by atoms with Gasteiger partial charge in [-0.15, -0.1) is 0 Å². The van der Waals surface area contributed by atoms with Crippen LogP contribution in [-0.4, -0.2) is 11.0 Å². The third-order valence-electron chi connectivity index (χ3n) is 3.89. The van der Waals surface area contributed by atoms with Gasteiger partial charge < -0.3 is 15.3 Å². The number of carbonyl (C=O) groups excluding carboxylic acids is 1. The second-order valence-electron chi connectivity index (χ2n) is 7.91. The Bertz CT molecular complexity index is 729. The lowest BCUT2D eigenvalue weighted by atomic mass is 9.75. The van der Waals surface area contributed by atoms with E-state index >= 15 is 0 Å². The van der Waals surface area contributed by atoms with Gasteiger partial charge >= 0.3 is 0 Å². The van der Waals surface area contributed by atoms with Crippen LogP contribution in [-0.2, 0) is 10.8 Å². The van der Waals surface area contributed by atoms with E-state index in [-0.39, 0.29) is 11.2 Å². The van der Waals surface area contributed by atoms with Crippen LogP contribution in [0.25, 0.3) is 11.3 Å². The quantitative estimate of drug-likeness (QED) is 0.865. The number of rotatable bonds is 2. The Hall–Kier alpha value is -2.23. The molecule has 4 heteroatoms. The van der Waals surface area contributed by atoms with Crippen LogP contribution in [0.4, 0.5) is 0 Å². The number of hydrogen-bond donors (Lipinski definition) is 2. The fourth-order valence-electron chi connectivity index (χ4n) is 2.85. The van der Waals surface area contributed by atoms with Crippen LogP contribution in [0, 0.1) is 0 Å². The lowest BCUT2D eigenvalue weighted by molar-refractivity contribution is 0.100. The summed E-state index contributed by atoms with van der Waals surface area (Å²) < 4.78 is 5.51. The first-order valence-electron chi connectivity index (χ1n) is 7.69. The summed E-state index contributed by atoms with van der Waals surface area (Å²) in [7, 11) is 0. The second-order valence-corrected chi connectivity index (χ2v) is 7.91. The van der Waals surface area contributed by atoms with Gasteiger partial charge in [0.25, 0.3) is 0 Å². The molecule has 0 aliphatic heterocycles. The van der Waals surface area contributed by atoms with E-state index in [1.165, 1.54) is 0 Å². The summed E-state index contributed by atoms with van der Waals surface area (Å²) >= 11 is 0. The maximum Gasteiger partial charge on any atom is 0.249 e. The van der Waals surface area contributed by atoms with Crippen LogP contribution in [0.5, 0.6) is 5.75 Å². The van der Waals surface area contributed by atoms with Gasteiger partial charge in [-0.25, -0.2) is 0 Å². The summed E-state index contributed by atoms with van der Waals surface area (Å²) in [6, 6.07) is 5.21. The normalized spacial score (nSPS) is 12.4. The molecule has 0 atom stereocenters. The van der Waals surface area contributed by atoms with Gasteiger partial charge in [0.2, 0.25) is 5.91 Å². The fourth-order valence-corrected chi connectivity index (χ4v) is 2.85. The van der Waals surface area contributed by atoms with Crippen molar-refractivity contribution < 1.29 is 14.3 Å². The van der Waals surface area contributed by atoms with Gasteiger partial charge in [0, 0.05) is 16.7 Å². The lowest BCUT2D eigenvalue weighted by Gasteiger charge is -2.30. The maximum absolute atomic E-state index is 12.1. The molecule has 3 N–H and O–H groups in total. The highest BCUT2D eigenvalue weighted by atomic mass is 16.3. The smallest absolute Gasteiger partial charge is 0.249 e. The monoisotopic (exact) mass is 315 g/mol. The van der Waals surface area contributed by atoms with Crippen molar-refractivity contribution in [3.8, 4) is 17.1 Å². The lowest BCUT2D eigenvalue weighted by Crippen LogP contribution is -2.22. The van der Waals surface area contributed by atoms with Crippen molar-refractivity contribution in [1.29, 1.82) is 0 Å². The molecular formula is C19H25NO3. The molecule has 0 saturated heterocycles. The molecule has 0 aliphatic carbocycles. The van der Waals surface area contributed by atoms with Gasteiger partial charge in [-0.1, -0.05) is 41.5 Å². The van der Waals surface area contributed by atoms with E-state index in [1.807, 2.05) is 41.5 Å². The Labute approximate surface area is 137 Å². The number of benzene rings is 1. The average molecular weight is 315 g/mol. The highest BCUT2D eigenvalue weighted by Gasteiger charge is 2.33. The number of carbonyl (C=O) groups is 1. The molecule has 0 aliphatic rings. The zero-order chi connectivity index (χ0) is 17.6. The van der Waals surface area contributed by atoms with Gasteiger partial charge in [-0.3, -0.25) is 4.79 Å². The average Bonchev–Trinajstić information content (AvgIpc) is 2.87. The number of phenols is 1. The van der Waals surface area contributed by atoms with E-state index in [0.29, 0.717) is 28.0 Å². The van der Waals surface area contributed by atoms with Crippen LogP contribution in [0.3, 0.4) is 0 Å². The van der Waals surface area contributed by atoms with Gasteiger partial charge in [0.1, 0.15) is 11.5 Å². The predicted molar refractivity (Wildman–Crippen MR) is 91.7 cm³/mol. The van der Waals surface area contributed by atoms with E-state index in [1.54, 1.807) is 24.5 Å². The summed E-state index contributed by atoms with van der Waals surface area (Å²) in [5, 5.41) is 11.0. The number of furan rings is 1. The first-order chi connectivity index (χ1) is 10.4. The first-order valence-corrected chi connectivity index (χ1v) is 7.69. The molecule has 2 aromatic rings.